The third kappa shape index (κ3) is 5.47. The molecule has 1 rings (SSSR count). The van der Waals surface area contributed by atoms with E-state index < -0.39 is 16.0 Å². The number of benzene rings is 1. The molecule has 0 heterocycles. The first-order chi connectivity index (χ1) is 7.79. The Balaban J connectivity index is 0.00000289. The largest absolute Gasteiger partial charge is 1.00 e. The summed E-state index contributed by atoms with van der Waals surface area (Å²) in [5.41, 5.74) is 0.0753. The Morgan fingerprint density at radius 1 is 1.44 bits per heavy atom. The summed E-state index contributed by atoms with van der Waals surface area (Å²) in [6, 6.07) is 4.95. The van der Waals surface area contributed by atoms with Crippen LogP contribution in [0.1, 0.15) is 13.3 Å². The standard InChI is InChI=1S/C10H11NO5S.Li/c1-7(12)5-10(13)11-8-3-2-4-9(6-8)17(14,15)16;/h2-4,6H,5H2,1H3,(H,11,13)(H,14,15,16);/q;+1/p-1. The van der Waals surface area contributed by atoms with E-state index in [1.807, 2.05) is 0 Å². The molecule has 0 amide bonds. The van der Waals surface area contributed by atoms with Crippen molar-refractivity contribution < 1.29 is 41.7 Å². The van der Waals surface area contributed by atoms with E-state index >= 15 is 0 Å². The van der Waals surface area contributed by atoms with Crippen LogP contribution in [0.25, 0.3) is 0 Å². The Hall–Kier alpha value is -1.13. The smallest absolute Gasteiger partial charge is 0.861 e. The van der Waals surface area contributed by atoms with Gasteiger partial charge in [-0.25, -0.2) is 0 Å². The molecule has 0 fully saturated rings. The first kappa shape index (κ1) is 16.9. The van der Waals surface area contributed by atoms with Crippen molar-refractivity contribution >= 4 is 27.5 Å². The number of rotatable bonds is 4. The van der Waals surface area contributed by atoms with Gasteiger partial charge in [0, 0.05) is 6.42 Å². The molecular weight excluding hydrogens is 253 g/mol. The van der Waals surface area contributed by atoms with Crippen molar-refractivity contribution in [2.45, 2.75) is 18.2 Å². The molecule has 18 heavy (non-hydrogen) atoms. The summed E-state index contributed by atoms with van der Waals surface area (Å²) in [7, 11) is -4.32. The molecule has 0 spiro atoms. The summed E-state index contributed by atoms with van der Waals surface area (Å²) in [6.07, 6.45) is -0.337. The Kier molecular flexibility index (Phi) is 6.29. The molecule has 0 saturated carbocycles. The van der Waals surface area contributed by atoms with Gasteiger partial charge in [-0.1, -0.05) is 6.07 Å². The summed E-state index contributed by atoms with van der Waals surface area (Å²) >= 11 is 0. The van der Waals surface area contributed by atoms with E-state index in [1.165, 1.54) is 25.1 Å². The maximum Gasteiger partial charge on any atom is 1.00 e. The molecule has 6 nitrogen and oxygen atoms in total. The van der Waals surface area contributed by atoms with Crippen LogP contribution in [0.3, 0.4) is 0 Å². The molecule has 0 aliphatic rings. The maximum atomic E-state index is 11.2. The fraction of sp³-hybridized carbons (Fsp3) is 0.200. The molecule has 0 aliphatic heterocycles. The molecule has 0 saturated heterocycles. The van der Waals surface area contributed by atoms with Crippen molar-refractivity contribution in [1.82, 2.24) is 0 Å². The van der Waals surface area contributed by atoms with E-state index in [0.29, 0.717) is 0 Å². The molecule has 1 aromatic rings. The van der Waals surface area contributed by atoms with Crippen molar-refractivity contribution in [3.63, 3.8) is 0 Å². The Labute approximate surface area is 117 Å². The van der Waals surface area contributed by atoms with Crippen LogP contribution in [-0.2, 0) is 14.9 Å². The average molecular weight is 263 g/mol. The van der Waals surface area contributed by atoms with Gasteiger partial charge in [0.2, 0.25) is 0 Å². The molecule has 0 aliphatic carbocycles. The van der Waals surface area contributed by atoms with Gasteiger partial charge in [-0.05, 0) is 31.0 Å². The van der Waals surface area contributed by atoms with E-state index in [0.717, 1.165) is 6.07 Å². The number of hydrogen-bond acceptors (Lipinski definition) is 5. The zero-order valence-corrected chi connectivity index (χ0v) is 10.8. The van der Waals surface area contributed by atoms with Gasteiger partial charge >= 0.3 is 18.9 Å². The second kappa shape index (κ2) is 6.71. The van der Waals surface area contributed by atoms with Crippen molar-refractivity contribution in [2.75, 3.05) is 0 Å². The van der Waals surface area contributed by atoms with Crippen LogP contribution in [0.15, 0.2) is 34.2 Å². The van der Waals surface area contributed by atoms with Crippen LogP contribution in [0.4, 0.5) is 5.69 Å². The molecule has 92 valence electrons. The number of carbonyl (C=O) groups is 1. The summed E-state index contributed by atoms with van der Waals surface area (Å²) in [6.45, 7) is 1.25. The van der Waals surface area contributed by atoms with Crippen molar-refractivity contribution in [3.8, 4) is 0 Å². The molecular formula is C10H10LiNO5S. The predicted octanol–water partition coefficient (Wildman–Crippen LogP) is -2.69. The monoisotopic (exact) mass is 263 g/mol. The number of nitrogens with zero attached hydrogens (tertiary/aromatic N) is 1. The first-order valence-corrected chi connectivity index (χ1v) is 6.04. The van der Waals surface area contributed by atoms with Crippen LogP contribution < -0.4 is 24.0 Å². The SMILES string of the molecule is CC(=O)CC([O-])=Nc1cccc(S(=O)(=O)O)c1.[Li+]. The molecule has 0 bridgehead atoms. The number of carbonyl (C=O) groups excluding carboxylic acids is 1. The summed E-state index contributed by atoms with van der Waals surface area (Å²) < 4.78 is 30.4. The van der Waals surface area contributed by atoms with Gasteiger partial charge in [-0.3, -0.25) is 14.3 Å². The van der Waals surface area contributed by atoms with Gasteiger partial charge in [-0.2, -0.15) is 8.42 Å². The predicted molar refractivity (Wildman–Crippen MR) is 58.6 cm³/mol. The van der Waals surface area contributed by atoms with E-state index in [-0.39, 0.29) is 41.6 Å². The fourth-order valence-corrected chi connectivity index (χ4v) is 1.63. The molecule has 1 N–H and O–H groups in total. The van der Waals surface area contributed by atoms with Crippen LogP contribution in [-0.4, -0.2) is 24.7 Å². The van der Waals surface area contributed by atoms with Gasteiger partial charge in [0.1, 0.15) is 5.78 Å². The normalized spacial score (nSPS) is 11.8. The minimum absolute atomic E-state index is 0. The second-order valence-electron chi connectivity index (χ2n) is 3.36. The quantitative estimate of drug-likeness (QED) is 0.275. The van der Waals surface area contributed by atoms with Crippen LogP contribution in [0, 0.1) is 0 Å². The van der Waals surface area contributed by atoms with E-state index in [1.54, 1.807) is 0 Å². The van der Waals surface area contributed by atoms with E-state index in [4.69, 9.17) is 4.55 Å². The summed E-state index contributed by atoms with van der Waals surface area (Å²) in [5, 5.41) is 11.2. The Morgan fingerprint density at radius 2 is 2.06 bits per heavy atom. The van der Waals surface area contributed by atoms with Crippen LogP contribution in [0.2, 0.25) is 0 Å². The molecule has 1 aromatic carbocycles. The van der Waals surface area contributed by atoms with E-state index in [9.17, 15) is 18.3 Å². The fourth-order valence-electron chi connectivity index (χ4n) is 1.11. The average Bonchev–Trinajstić information content (AvgIpc) is 2.15. The van der Waals surface area contributed by atoms with Crippen molar-refractivity contribution in [3.05, 3.63) is 24.3 Å². The van der Waals surface area contributed by atoms with Crippen molar-refractivity contribution in [1.29, 1.82) is 0 Å². The molecule has 0 radical (unpaired) electrons. The number of aliphatic imine (C=N–C) groups is 1. The molecule has 0 unspecified atom stereocenters. The first-order valence-electron chi connectivity index (χ1n) is 4.60. The zero-order chi connectivity index (χ0) is 13.1. The number of hydrogen-bond donors (Lipinski definition) is 1. The molecule has 0 aromatic heterocycles. The van der Waals surface area contributed by atoms with Gasteiger partial charge in [-0.15, -0.1) is 0 Å². The summed E-state index contributed by atoms with van der Waals surface area (Å²) in [5.74, 6) is -0.991. The Bertz CT molecular complexity index is 567. The van der Waals surface area contributed by atoms with Crippen molar-refractivity contribution in [2.24, 2.45) is 4.99 Å². The van der Waals surface area contributed by atoms with Gasteiger partial charge in [0.05, 0.1) is 10.6 Å². The minimum Gasteiger partial charge on any atom is -0.861 e. The third-order valence-electron chi connectivity index (χ3n) is 1.77. The number of ketones is 1. The zero-order valence-electron chi connectivity index (χ0n) is 9.95. The number of Topliss-reactive ketones (excluding diaryl/α,β-unsaturated/α-hetero) is 1. The van der Waals surface area contributed by atoms with E-state index in [2.05, 4.69) is 4.99 Å². The summed E-state index contributed by atoms with van der Waals surface area (Å²) in [4.78, 5) is 13.8. The third-order valence-corrected chi connectivity index (χ3v) is 2.62. The maximum absolute atomic E-state index is 11.2. The second-order valence-corrected chi connectivity index (χ2v) is 4.78. The Morgan fingerprint density at radius 3 is 2.56 bits per heavy atom. The van der Waals surface area contributed by atoms with Gasteiger partial charge < -0.3 is 5.11 Å². The topological polar surface area (TPSA) is 107 Å². The minimum atomic E-state index is -4.32. The van der Waals surface area contributed by atoms with Gasteiger partial charge in [0.15, 0.2) is 0 Å². The molecule has 8 heteroatoms. The molecule has 0 atom stereocenters. The van der Waals surface area contributed by atoms with Gasteiger partial charge in [0.25, 0.3) is 10.1 Å². The van der Waals surface area contributed by atoms with Crippen LogP contribution >= 0.6 is 0 Å². The van der Waals surface area contributed by atoms with Crippen LogP contribution in [0.5, 0.6) is 0 Å².